The molecule has 1 N–H and O–H groups in total. The van der Waals surface area contributed by atoms with Gasteiger partial charge in [-0.05, 0) is 41.0 Å². The molecule has 1 heterocycles. The highest BCUT2D eigenvalue weighted by Gasteiger charge is 2.01. The Hall–Kier alpha value is -1.61. The normalized spacial score (nSPS) is 11.9. The second kappa shape index (κ2) is 3.87. The van der Waals surface area contributed by atoms with Crippen LogP contribution in [0.25, 0.3) is 15.7 Å². The van der Waals surface area contributed by atoms with Gasteiger partial charge in [-0.1, -0.05) is 12.1 Å². The van der Waals surface area contributed by atoms with Gasteiger partial charge in [-0.3, -0.25) is 0 Å². The zero-order valence-electron chi connectivity index (χ0n) is 8.23. The molecule has 76 valence electrons. The molecule has 2 nitrogen and oxygen atoms in total. The van der Waals surface area contributed by atoms with Gasteiger partial charge in [0.2, 0.25) is 0 Å². The highest BCUT2D eigenvalue weighted by molar-refractivity contribution is 7.17. The number of aliphatic carboxylic acids is 1. The molecular weight excluding hydrogens is 208 g/mol. The molecule has 0 spiro atoms. The number of carbonyl (C=O) groups is 1. The number of fused-ring (bicyclic) bond motifs is 1. The van der Waals surface area contributed by atoms with E-state index in [0.29, 0.717) is 0 Å². The number of carboxylic acids is 1. The standard InChI is InChI=1S/C12H10O2S/c1-8(6-12(13)14)10-3-2-9-4-5-15-11(9)7-10/h2-7H,1H3,(H,13,14)/b8-6-. The summed E-state index contributed by atoms with van der Waals surface area (Å²) in [5.41, 5.74) is 1.74. The fourth-order valence-electron chi connectivity index (χ4n) is 1.47. The molecule has 0 bridgehead atoms. The molecule has 1 aromatic carbocycles. The van der Waals surface area contributed by atoms with Crippen molar-refractivity contribution in [1.29, 1.82) is 0 Å². The smallest absolute Gasteiger partial charge is 0.328 e. The maximum atomic E-state index is 10.5. The zero-order valence-corrected chi connectivity index (χ0v) is 9.04. The summed E-state index contributed by atoms with van der Waals surface area (Å²) in [6.45, 7) is 1.81. The molecule has 15 heavy (non-hydrogen) atoms. The fourth-order valence-corrected chi connectivity index (χ4v) is 2.30. The van der Waals surface area contributed by atoms with Crippen molar-refractivity contribution < 1.29 is 9.90 Å². The molecule has 0 atom stereocenters. The molecule has 0 saturated carbocycles. The van der Waals surface area contributed by atoms with Crippen molar-refractivity contribution >= 4 is 33.0 Å². The first-order valence-electron chi connectivity index (χ1n) is 4.55. The Balaban J connectivity index is 2.48. The van der Waals surface area contributed by atoms with Crippen LogP contribution >= 0.6 is 11.3 Å². The third-order valence-electron chi connectivity index (χ3n) is 2.25. The van der Waals surface area contributed by atoms with Crippen molar-refractivity contribution in [1.82, 2.24) is 0 Å². The first-order chi connectivity index (χ1) is 7.16. The number of allylic oxidation sites excluding steroid dienone is 1. The summed E-state index contributed by atoms with van der Waals surface area (Å²) in [7, 11) is 0. The third kappa shape index (κ3) is 2.07. The molecule has 3 heteroatoms. The molecule has 2 aromatic rings. The van der Waals surface area contributed by atoms with Crippen LogP contribution < -0.4 is 0 Å². The Bertz CT molecular complexity index is 537. The van der Waals surface area contributed by atoms with Crippen molar-refractivity contribution in [2.75, 3.05) is 0 Å². The second-order valence-electron chi connectivity index (χ2n) is 3.34. The average molecular weight is 218 g/mol. The van der Waals surface area contributed by atoms with E-state index in [1.807, 2.05) is 30.5 Å². The predicted octanol–water partition coefficient (Wildman–Crippen LogP) is 3.39. The van der Waals surface area contributed by atoms with Crippen LogP contribution in [0.3, 0.4) is 0 Å². The number of hydrogen-bond donors (Lipinski definition) is 1. The number of thiophene rings is 1. The van der Waals surface area contributed by atoms with Gasteiger partial charge >= 0.3 is 5.97 Å². The summed E-state index contributed by atoms with van der Waals surface area (Å²) in [6.07, 6.45) is 1.23. The van der Waals surface area contributed by atoms with Crippen molar-refractivity contribution in [3.8, 4) is 0 Å². The molecule has 0 unspecified atom stereocenters. The van der Waals surface area contributed by atoms with E-state index >= 15 is 0 Å². The van der Waals surface area contributed by atoms with Gasteiger partial charge < -0.3 is 5.11 Å². The van der Waals surface area contributed by atoms with Crippen molar-refractivity contribution in [2.45, 2.75) is 6.92 Å². The van der Waals surface area contributed by atoms with Gasteiger partial charge in [0.05, 0.1) is 0 Å². The van der Waals surface area contributed by atoms with E-state index in [9.17, 15) is 4.79 Å². The van der Waals surface area contributed by atoms with E-state index in [-0.39, 0.29) is 0 Å². The van der Waals surface area contributed by atoms with Gasteiger partial charge in [0, 0.05) is 10.8 Å². The number of carboxylic acid groups (broad SMARTS) is 1. The number of benzene rings is 1. The van der Waals surface area contributed by atoms with Gasteiger partial charge in [0.1, 0.15) is 0 Å². The van der Waals surface area contributed by atoms with Gasteiger partial charge in [-0.2, -0.15) is 0 Å². The zero-order chi connectivity index (χ0) is 10.8. The van der Waals surface area contributed by atoms with E-state index in [4.69, 9.17) is 5.11 Å². The van der Waals surface area contributed by atoms with Crippen LogP contribution in [0, 0.1) is 0 Å². The minimum atomic E-state index is -0.904. The van der Waals surface area contributed by atoms with E-state index in [0.717, 1.165) is 11.1 Å². The minimum Gasteiger partial charge on any atom is -0.478 e. The van der Waals surface area contributed by atoms with E-state index in [1.165, 1.54) is 16.2 Å². The summed E-state index contributed by atoms with van der Waals surface area (Å²) in [5, 5.41) is 11.9. The summed E-state index contributed by atoms with van der Waals surface area (Å²) >= 11 is 1.66. The lowest BCUT2D eigenvalue weighted by Crippen LogP contribution is -1.89. The van der Waals surface area contributed by atoms with Gasteiger partial charge in [0.15, 0.2) is 0 Å². The first kappa shape index (κ1) is 9.93. The first-order valence-corrected chi connectivity index (χ1v) is 5.43. The van der Waals surface area contributed by atoms with Crippen molar-refractivity contribution in [2.24, 2.45) is 0 Å². The highest BCUT2D eigenvalue weighted by Crippen LogP contribution is 2.25. The van der Waals surface area contributed by atoms with Crippen LogP contribution in [0.1, 0.15) is 12.5 Å². The van der Waals surface area contributed by atoms with Crippen molar-refractivity contribution in [3.63, 3.8) is 0 Å². The van der Waals surface area contributed by atoms with Crippen LogP contribution in [0.5, 0.6) is 0 Å². The van der Waals surface area contributed by atoms with Crippen LogP contribution in [0.4, 0.5) is 0 Å². The van der Waals surface area contributed by atoms with Crippen LogP contribution in [0.2, 0.25) is 0 Å². The lowest BCUT2D eigenvalue weighted by atomic mass is 10.1. The molecule has 0 saturated heterocycles. The molecule has 0 aliphatic carbocycles. The average Bonchev–Trinajstić information content (AvgIpc) is 2.62. The topological polar surface area (TPSA) is 37.3 Å². The van der Waals surface area contributed by atoms with Gasteiger partial charge in [0.25, 0.3) is 0 Å². The second-order valence-corrected chi connectivity index (χ2v) is 4.29. The number of hydrogen-bond acceptors (Lipinski definition) is 2. The third-order valence-corrected chi connectivity index (χ3v) is 3.13. The lowest BCUT2D eigenvalue weighted by molar-refractivity contribution is -0.131. The maximum Gasteiger partial charge on any atom is 0.328 e. The summed E-state index contributed by atoms with van der Waals surface area (Å²) in [4.78, 5) is 10.5. The van der Waals surface area contributed by atoms with Crippen molar-refractivity contribution in [3.05, 3.63) is 41.3 Å². The van der Waals surface area contributed by atoms with Crippen LogP contribution in [-0.2, 0) is 4.79 Å². The Morgan fingerprint density at radius 2 is 2.20 bits per heavy atom. The quantitative estimate of drug-likeness (QED) is 0.784. The molecular formula is C12H10O2S. The van der Waals surface area contributed by atoms with Gasteiger partial charge in [-0.15, -0.1) is 11.3 Å². The summed E-state index contributed by atoms with van der Waals surface area (Å²) in [6, 6.07) is 8.04. The largest absolute Gasteiger partial charge is 0.478 e. The minimum absolute atomic E-state index is 0.776. The molecule has 0 aliphatic heterocycles. The van der Waals surface area contributed by atoms with Crippen LogP contribution in [-0.4, -0.2) is 11.1 Å². The molecule has 0 amide bonds. The number of rotatable bonds is 2. The Morgan fingerprint density at radius 3 is 2.93 bits per heavy atom. The Kier molecular flexibility index (Phi) is 2.56. The molecule has 0 fully saturated rings. The SMILES string of the molecule is C/C(=C/C(=O)O)c1ccc2ccsc2c1. The van der Waals surface area contributed by atoms with Crippen LogP contribution in [0.15, 0.2) is 35.7 Å². The van der Waals surface area contributed by atoms with Gasteiger partial charge in [-0.25, -0.2) is 4.79 Å². The van der Waals surface area contributed by atoms with E-state index < -0.39 is 5.97 Å². The Labute approximate surface area is 91.5 Å². The van der Waals surface area contributed by atoms with E-state index in [1.54, 1.807) is 11.3 Å². The highest BCUT2D eigenvalue weighted by atomic mass is 32.1. The monoisotopic (exact) mass is 218 g/mol. The lowest BCUT2D eigenvalue weighted by Gasteiger charge is -2.00. The van der Waals surface area contributed by atoms with E-state index in [2.05, 4.69) is 6.07 Å². The summed E-state index contributed by atoms with van der Waals surface area (Å²) in [5.74, 6) is -0.904. The Morgan fingerprint density at radius 1 is 1.40 bits per heavy atom. The molecule has 1 aromatic heterocycles. The molecule has 0 radical (unpaired) electrons. The fraction of sp³-hybridized carbons (Fsp3) is 0.0833. The predicted molar refractivity (Wildman–Crippen MR) is 63.1 cm³/mol. The maximum absolute atomic E-state index is 10.5. The molecule has 0 aliphatic rings. The summed E-state index contributed by atoms with van der Waals surface area (Å²) < 4.78 is 1.19. The molecule has 2 rings (SSSR count).